The Kier molecular flexibility index (Phi) is 4.02. The van der Waals surface area contributed by atoms with Crippen LogP contribution in [0.25, 0.3) is 0 Å². The average Bonchev–Trinajstić information content (AvgIpc) is 2.99. The van der Waals surface area contributed by atoms with Gasteiger partial charge in [-0.15, -0.1) is 0 Å². The second kappa shape index (κ2) is 5.98. The summed E-state index contributed by atoms with van der Waals surface area (Å²) < 4.78 is 1.78. The van der Waals surface area contributed by atoms with E-state index in [1.54, 1.807) is 17.1 Å². The first-order valence-electron chi connectivity index (χ1n) is 7.84. The fraction of sp³-hybridized carbons (Fsp3) is 0.500. The number of carbonyl (C=O) groups is 1. The van der Waals surface area contributed by atoms with Crippen LogP contribution < -0.4 is 5.32 Å². The van der Waals surface area contributed by atoms with Gasteiger partial charge in [0.1, 0.15) is 12.2 Å². The van der Waals surface area contributed by atoms with Gasteiger partial charge in [0.25, 0.3) is 0 Å². The zero-order chi connectivity index (χ0) is 16.4. The summed E-state index contributed by atoms with van der Waals surface area (Å²) in [5.41, 5.74) is 1.17. The molecule has 2 amide bonds. The van der Waals surface area contributed by atoms with Crippen LogP contribution in [0.1, 0.15) is 38.2 Å². The summed E-state index contributed by atoms with van der Waals surface area (Å²) in [5, 5.41) is 7.06. The normalized spacial score (nSPS) is 19.3. The zero-order valence-electron chi connectivity index (χ0n) is 13.7. The van der Waals surface area contributed by atoms with Gasteiger partial charge in [-0.05, 0) is 24.6 Å². The van der Waals surface area contributed by atoms with E-state index in [1.807, 2.05) is 24.0 Å². The number of rotatable bonds is 4. The topological polar surface area (TPSA) is 75.9 Å². The molecule has 3 rings (SSSR count). The van der Waals surface area contributed by atoms with E-state index in [1.165, 1.54) is 6.33 Å². The minimum atomic E-state index is -0.0724. The van der Waals surface area contributed by atoms with Crippen molar-refractivity contribution >= 4 is 6.03 Å². The van der Waals surface area contributed by atoms with Crippen LogP contribution in [0.3, 0.4) is 0 Å². The highest BCUT2D eigenvalue weighted by atomic mass is 16.2. The van der Waals surface area contributed by atoms with Crippen molar-refractivity contribution in [3.05, 3.63) is 42.2 Å². The quantitative estimate of drug-likeness (QED) is 0.936. The van der Waals surface area contributed by atoms with Crippen molar-refractivity contribution in [3.8, 4) is 0 Å². The largest absolute Gasteiger partial charge is 0.331 e. The van der Waals surface area contributed by atoms with Crippen LogP contribution in [-0.2, 0) is 13.1 Å². The molecule has 23 heavy (non-hydrogen) atoms. The number of amides is 2. The third-order valence-corrected chi connectivity index (χ3v) is 4.31. The Morgan fingerprint density at radius 1 is 1.39 bits per heavy atom. The highest BCUT2D eigenvalue weighted by Gasteiger charge is 2.48. The molecule has 1 aliphatic heterocycles. The van der Waals surface area contributed by atoms with Crippen LogP contribution in [0.2, 0.25) is 0 Å². The van der Waals surface area contributed by atoms with Crippen molar-refractivity contribution in [1.29, 1.82) is 0 Å². The van der Waals surface area contributed by atoms with E-state index in [4.69, 9.17) is 0 Å². The number of hydrogen-bond acceptors (Lipinski definition) is 4. The fourth-order valence-corrected chi connectivity index (χ4v) is 3.24. The predicted molar refractivity (Wildman–Crippen MR) is 85.4 cm³/mol. The highest BCUT2D eigenvalue weighted by Crippen LogP contribution is 2.47. The van der Waals surface area contributed by atoms with Gasteiger partial charge >= 0.3 is 6.03 Å². The lowest BCUT2D eigenvalue weighted by Gasteiger charge is -2.54. The minimum absolute atomic E-state index is 0.0577. The number of pyridine rings is 1. The SMILES string of the molecule is CCn1ncnc1CNC(=O)N1CC(C)(C)C1c1ccncc1. The van der Waals surface area contributed by atoms with Crippen LogP contribution in [0.5, 0.6) is 0 Å². The Morgan fingerprint density at radius 2 is 2.13 bits per heavy atom. The number of nitrogens with zero attached hydrogens (tertiary/aromatic N) is 5. The average molecular weight is 314 g/mol. The van der Waals surface area contributed by atoms with Crippen LogP contribution in [0, 0.1) is 5.41 Å². The summed E-state index contributed by atoms with van der Waals surface area (Å²) in [4.78, 5) is 22.6. The molecule has 0 saturated carbocycles. The Bertz CT molecular complexity index is 681. The van der Waals surface area contributed by atoms with Gasteiger partial charge in [0.2, 0.25) is 0 Å². The second-order valence-electron chi connectivity index (χ2n) is 6.45. The Labute approximate surface area is 135 Å². The van der Waals surface area contributed by atoms with Gasteiger partial charge in [0, 0.05) is 30.9 Å². The van der Waals surface area contributed by atoms with E-state index in [2.05, 4.69) is 34.2 Å². The number of urea groups is 1. The van der Waals surface area contributed by atoms with Crippen LogP contribution in [0.15, 0.2) is 30.9 Å². The van der Waals surface area contributed by atoms with E-state index >= 15 is 0 Å². The van der Waals surface area contributed by atoms with Gasteiger partial charge < -0.3 is 10.2 Å². The number of carbonyl (C=O) groups excluding carboxylic acids is 1. The number of hydrogen-bond donors (Lipinski definition) is 1. The molecule has 2 aromatic rings. The second-order valence-corrected chi connectivity index (χ2v) is 6.45. The molecule has 7 nitrogen and oxygen atoms in total. The van der Waals surface area contributed by atoms with Gasteiger partial charge in [-0.1, -0.05) is 13.8 Å². The lowest BCUT2D eigenvalue weighted by Crippen LogP contribution is -2.60. The lowest BCUT2D eigenvalue weighted by atomic mass is 9.72. The summed E-state index contributed by atoms with van der Waals surface area (Å²) in [6, 6.07) is 3.94. The first-order chi connectivity index (χ1) is 11.0. The molecule has 1 saturated heterocycles. The van der Waals surface area contributed by atoms with Crippen LogP contribution in [0.4, 0.5) is 4.79 Å². The molecule has 0 radical (unpaired) electrons. The maximum absolute atomic E-state index is 12.5. The predicted octanol–water partition coefficient (Wildman–Crippen LogP) is 1.99. The minimum Gasteiger partial charge on any atom is -0.331 e. The van der Waals surface area contributed by atoms with Gasteiger partial charge in [0.15, 0.2) is 0 Å². The standard InChI is InChI=1S/C16H22N6O/c1-4-22-13(19-11-20-22)9-18-15(23)21-10-16(2,3)14(21)12-5-7-17-8-6-12/h5-8,11,14H,4,9-10H2,1-3H3,(H,18,23). The summed E-state index contributed by atoms with van der Waals surface area (Å²) in [7, 11) is 0. The molecule has 122 valence electrons. The first kappa shape index (κ1) is 15.5. The Balaban J connectivity index is 1.68. The molecule has 0 aliphatic carbocycles. The molecular formula is C16H22N6O. The van der Waals surface area contributed by atoms with E-state index in [0.717, 1.165) is 24.5 Å². The van der Waals surface area contributed by atoms with Crippen LogP contribution >= 0.6 is 0 Å². The van der Waals surface area contributed by atoms with E-state index in [-0.39, 0.29) is 17.5 Å². The van der Waals surface area contributed by atoms with Gasteiger partial charge in [-0.25, -0.2) is 14.5 Å². The molecule has 3 heterocycles. The molecule has 1 unspecified atom stereocenters. The Hall–Kier alpha value is -2.44. The number of likely N-dealkylation sites (tertiary alicyclic amines) is 1. The van der Waals surface area contributed by atoms with Gasteiger partial charge in [-0.3, -0.25) is 4.98 Å². The zero-order valence-corrected chi connectivity index (χ0v) is 13.7. The third kappa shape index (κ3) is 2.91. The third-order valence-electron chi connectivity index (χ3n) is 4.31. The molecule has 7 heteroatoms. The van der Waals surface area contributed by atoms with Crippen molar-refractivity contribution < 1.29 is 4.79 Å². The highest BCUT2D eigenvalue weighted by molar-refractivity contribution is 5.76. The van der Waals surface area contributed by atoms with Crippen molar-refractivity contribution in [2.24, 2.45) is 5.41 Å². The Morgan fingerprint density at radius 3 is 2.78 bits per heavy atom. The maximum atomic E-state index is 12.5. The summed E-state index contributed by atoms with van der Waals surface area (Å²) in [6.45, 7) is 8.20. The first-order valence-corrected chi connectivity index (χ1v) is 7.84. The van der Waals surface area contributed by atoms with Crippen molar-refractivity contribution in [2.45, 2.75) is 39.9 Å². The van der Waals surface area contributed by atoms with Gasteiger partial charge in [0.05, 0.1) is 12.6 Å². The summed E-state index contributed by atoms with van der Waals surface area (Å²) in [5.74, 6) is 0.765. The summed E-state index contributed by atoms with van der Waals surface area (Å²) >= 11 is 0. The van der Waals surface area contributed by atoms with Crippen molar-refractivity contribution in [3.63, 3.8) is 0 Å². The molecule has 0 bridgehead atoms. The monoisotopic (exact) mass is 314 g/mol. The van der Waals surface area contributed by atoms with E-state index < -0.39 is 0 Å². The summed E-state index contributed by atoms with van der Waals surface area (Å²) in [6.07, 6.45) is 5.05. The van der Waals surface area contributed by atoms with Crippen molar-refractivity contribution in [1.82, 2.24) is 30.0 Å². The fourth-order valence-electron chi connectivity index (χ4n) is 3.24. The molecule has 1 fully saturated rings. The van der Waals surface area contributed by atoms with Crippen molar-refractivity contribution in [2.75, 3.05) is 6.54 Å². The molecule has 1 aliphatic rings. The number of aromatic nitrogens is 4. The molecule has 0 spiro atoms. The van der Waals surface area contributed by atoms with Crippen LogP contribution in [-0.4, -0.2) is 37.2 Å². The number of aryl methyl sites for hydroxylation is 1. The maximum Gasteiger partial charge on any atom is 0.318 e. The smallest absolute Gasteiger partial charge is 0.318 e. The van der Waals surface area contributed by atoms with Gasteiger partial charge in [-0.2, -0.15) is 5.10 Å². The molecule has 2 aromatic heterocycles. The van der Waals surface area contributed by atoms with E-state index in [9.17, 15) is 4.79 Å². The van der Waals surface area contributed by atoms with E-state index in [0.29, 0.717) is 6.54 Å². The molecular weight excluding hydrogens is 292 g/mol. The number of nitrogens with one attached hydrogen (secondary N) is 1. The molecule has 0 aromatic carbocycles. The molecule has 1 atom stereocenters. The molecule has 1 N–H and O–H groups in total. The lowest BCUT2D eigenvalue weighted by molar-refractivity contribution is -0.0167.